The predicted molar refractivity (Wildman–Crippen MR) is 62.7 cm³/mol. The van der Waals surface area contributed by atoms with Crippen LogP contribution in [0.1, 0.15) is 0 Å². The fraction of sp³-hybridized carbons (Fsp3) is 1.00. The zero-order chi connectivity index (χ0) is 32.7. The molecule has 0 N–H and O–H groups in total. The molecule has 0 amide bonds. The van der Waals surface area contributed by atoms with Crippen LogP contribution < -0.4 is 0 Å². The van der Waals surface area contributed by atoms with Crippen LogP contribution in [0.25, 0.3) is 0 Å². The summed E-state index contributed by atoms with van der Waals surface area (Å²) in [6.07, 6.45) is -34.4. The Kier molecular flexibility index (Phi) is 8.40. The second-order valence-corrected chi connectivity index (χ2v) is 6.73. The summed E-state index contributed by atoms with van der Waals surface area (Å²) in [7, 11) is 0. The average Bonchev–Trinajstić information content (AvgIpc) is 2.63. The second kappa shape index (κ2) is 8.82. The third-order valence-corrected chi connectivity index (χ3v) is 4.11. The van der Waals surface area contributed by atoms with Crippen LogP contribution in [0.15, 0.2) is 0 Å². The first-order chi connectivity index (χ1) is 16.2. The first kappa shape index (κ1) is 37.1. The highest BCUT2D eigenvalue weighted by atomic mass is 19.4. The lowest BCUT2D eigenvalue weighted by Gasteiger charge is -2.46. The molecule has 0 heterocycles. The lowest BCUT2D eigenvalue weighted by atomic mass is 9.93. The molecule has 0 aromatic carbocycles. The summed E-state index contributed by atoms with van der Waals surface area (Å²) in [5.41, 5.74) is 0. The van der Waals surface area contributed by atoms with Crippen molar-refractivity contribution >= 4 is 0 Å². The van der Waals surface area contributed by atoms with Gasteiger partial charge in [-0.3, -0.25) is 4.74 Å². The normalized spacial score (nSPS) is 19.5. The Balaban J connectivity index is 7.77. The van der Waals surface area contributed by atoms with Crippen LogP contribution in [0.5, 0.6) is 0 Å². The van der Waals surface area contributed by atoms with Gasteiger partial charge in [0.25, 0.3) is 0 Å². The first-order valence-electron chi connectivity index (χ1n) is 7.82. The molecule has 0 fully saturated rings. The smallest absolute Gasteiger partial charge is 0.284 e. The van der Waals surface area contributed by atoms with Gasteiger partial charge in [-0.1, -0.05) is 0 Å². The molecule has 0 bridgehead atoms. The molecule has 0 saturated heterocycles. The van der Waals surface area contributed by atoms with Gasteiger partial charge in [0.1, 0.15) is 0 Å². The van der Waals surface area contributed by atoms with Crippen LogP contribution in [0.4, 0.5) is 114 Å². The van der Waals surface area contributed by atoms with Crippen molar-refractivity contribution in [3.05, 3.63) is 0 Å². The van der Waals surface area contributed by atoms with Crippen molar-refractivity contribution in [2.24, 2.45) is 0 Å². The Morgan fingerprint density at radius 2 is 0.385 bits per heavy atom. The van der Waals surface area contributed by atoms with Crippen molar-refractivity contribution in [3.63, 3.8) is 0 Å². The lowest BCUT2D eigenvalue weighted by molar-refractivity contribution is -0.543. The summed E-state index contributed by atoms with van der Waals surface area (Å²) >= 11 is 0. The minimum Gasteiger partial charge on any atom is -0.284 e. The molecule has 1 nitrogen and oxygen atoms in total. The summed E-state index contributed by atoms with van der Waals surface area (Å²) in [4.78, 5) is 0. The molecule has 236 valence electrons. The van der Waals surface area contributed by atoms with Crippen molar-refractivity contribution in [2.45, 2.75) is 72.0 Å². The highest BCUT2D eigenvalue weighted by Crippen LogP contribution is 2.66. The first-order valence-corrected chi connectivity index (χ1v) is 7.82. The van der Waals surface area contributed by atoms with Crippen molar-refractivity contribution in [1.29, 1.82) is 0 Å². The molecule has 2 atom stereocenters. The fourth-order valence-corrected chi connectivity index (χ4v) is 1.95. The third kappa shape index (κ3) is 4.75. The monoisotopic (exact) mass is 654 g/mol. The molecule has 0 aromatic rings. The van der Waals surface area contributed by atoms with Gasteiger partial charge in [-0.2, -0.15) is 114 Å². The quantitative estimate of drug-likeness (QED) is 0.239. The van der Waals surface area contributed by atoms with E-state index in [2.05, 4.69) is 0 Å². The molecule has 0 aliphatic heterocycles. The van der Waals surface area contributed by atoms with Gasteiger partial charge in [-0.05, 0) is 0 Å². The maximum atomic E-state index is 14.0. The van der Waals surface area contributed by atoms with E-state index in [1.165, 1.54) is 0 Å². The maximum absolute atomic E-state index is 14.0. The Morgan fingerprint density at radius 3 is 0.513 bits per heavy atom. The number of hydrogen-bond acceptors (Lipinski definition) is 1. The number of halogens is 26. The molecule has 27 heteroatoms. The number of ether oxygens (including phenoxy) is 1. The van der Waals surface area contributed by atoms with Crippen LogP contribution in [0.2, 0.25) is 0 Å². The topological polar surface area (TPSA) is 9.23 Å². The Hall–Kier alpha value is -1.86. The largest absolute Gasteiger partial charge is 0.460 e. The van der Waals surface area contributed by atoms with E-state index >= 15 is 0 Å². The number of hydrogen-bond donors (Lipinski definition) is 0. The molecular formula is C12F26O. The zero-order valence-electron chi connectivity index (χ0n) is 16.2. The minimum absolute atomic E-state index is 0.628. The standard InChI is InChI=1S/C12F26O/c13-1(14,5(21,22)9(27,28)29)3(17,18)7(25,11(33,34)35)39-8(26,12(36,37)38)4(19,20)2(15,16)6(23,24)10(30,31)32. The number of alkyl halides is 26. The zero-order valence-corrected chi connectivity index (χ0v) is 16.2. The Labute approximate surface area is 192 Å². The summed E-state index contributed by atoms with van der Waals surface area (Å²) in [5.74, 6) is -73.8. The Morgan fingerprint density at radius 1 is 0.205 bits per heavy atom. The third-order valence-electron chi connectivity index (χ3n) is 4.11. The second-order valence-electron chi connectivity index (χ2n) is 6.73. The molecule has 0 aliphatic rings. The fourth-order valence-electron chi connectivity index (χ4n) is 1.95. The van der Waals surface area contributed by atoms with E-state index in [9.17, 15) is 114 Å². The van der Waals surface area contributed by atoms with Gasteiger partial charge in [-0.15, -0.1) is 0 Å². The number of rotatable bonds is 8. The summed E-state index contributed by atoms with van der Waals surface area (Å²) in [6.45, 7) is 0. The van der Waals surface area contributed by atoms with E-state index in [-0.39, 0.29) is 0 Å². The van der Waals surface area contributed by atoms with Crippen LogP contribution in [-0.2, 0) is 4.74 Å². The van der Waals surface area contributed by atoms with Crippen molar-refractivity contribution in [3.8, 4) is 0 Å². The highest BCUT2D eigenvalue weighted by Gasteiger charge is 2.97. The molecule has 0 radical (unpaired) electrons. The predicted octanol–water partition coefficient (Wildman–Crippen LogP) is 8.40. The molecule has 0 aromatic heterocycles. The van der Waals surface area contributed by atoms with Crippen molar-refractivity contribution in [1.82, 2.24) is 0 Å². The SMILES string of the molecule is FC(F)(F)C(F)(F)C(F)(F)C(F)(F)C(F)(OC(F)(C(F)(F)F)C(F)(F)C(F)(F)C(F)(F)C(F)(F)F)C(F)(F)F. The molecule has 0 rings (SSSR count). The van der Waals surface area contributed by atoms with Crippen LogP contribution in [0.3, 0.4) is 0 Å². The van der Waals surface area contributed by atoms with Crippen LogP contribution in [0, 0.1) is 0 Å². The Bertz CT molecular complexity index is 811. The van der Waals surface area contributed by atoms with Crippen LogP contribution in [-0.4, -0.2) is 72.0 Å². The van der Waals surface area contributed by atoms with Crippen molar-refractivity contribution < 1.29 is 119 Å². The van der Waals surface area contributed by atoms with E-state index in [4.69, 9.17) is 0 Å². The van der Waals surface area contributed by atoms with Crippen molar-refractivity contribution in [2.75, 3.05) is 0 Å². The van der Waals surface area contributed by atoms with E-state index in [0.717, 1.165) is 0 Å². The maximum Gasteiger partial charge on any atom is 0.460 e. The van der Waals surface area contributed by atoms with E-state index in [1.54, 1.807) is 0 Å². The van der Waals surface area contributed by atoms with E-state index in [0.29, 0.717) is 4.74 Å². The molecule has 2 unspecified atom stereocenters. The highest BCUT2D eigenvalue weighted by molar-refractivity contribution is 5.13. The summed E-state index contributed by atoms with van der Waals surface area (Å²) in [6, 6.07) is 0. The minimum atomic E-state index is -9.49. The average molecular weight is 654 g/mol. The van der Waals surface area contributed by atoms with Gasteiger partial charge in [0, 0.05) is 0 Å². The molecular weight excluding hydrogens is 654 g/mol. The van der Waals surface area contributed by atoms with E-state index < -0.39 is 72.0 Å². The van der Waals surface area contributed by atoms with Gasteiger partial charge in [0.05, 0.1) is 0 Å². The molecule has 39 heavy (non-hydrogen) atoms. The molecule has 0 saturated carbocycles. The molecule has 0 spiro atoms. The van der Waals surface area contributed by atoms with E-state index in [1.807, 2.05) is 0 Å². The van der Waals surface area contributed by atoms with Gasteiger partial charge < -0.3 is 0 Å². The summed E-state index contributed by atoms with van der Waals surface area (Å²) in [5, 5.41) is 0. The van der Waals surface area contributed by atoms with Gasteiger partial charge in [-0.25, -0.2) is 0 Å². The van der Waals surface area contributed by atoms with Gasteiger partial charge >= 0.3 is 72.0 Å². The lowest BCUT2D eigenvalue weighted by Crippen LogP contribution is -2.77. The summed E-state index contributed by atoms with van der Waals surface area (Å²) < 4.78 is 335. The van der Waals surface area contributed by atoms with Crippen LogP contribution >= 0.6 is 0 Å². The van der Waals surface area contributed by atoms with Gasteiger partial charge in [0.2, 0.25) is 0 Å². The van der Waals surface area contributed by atoms with Gasteiger partial charge in [0.15, 0.2) is 0 Å². The molecule has 0 aliphatic carbocycles.